The lowest BCUT2D eigenvalue weighted by Gasteiger charge is -2.11. The summed E-state index contributed by atoms with van der Waals surface area (Å²) in [4.78, 5) is 25.4. The van der Waals surface area contributed by atoms with Gasteiger partial charge in [-0.05, 0) is 37.1 Å². The van der Waals surface area contributed by atoms with Crippen LogP contribution in [0, 0.1) is 12.7 Å². The molecule has 1 aromatic carbocycles. The van der Waals surface area contributed by atoms with Crippen LogP contribution in [0.5, 0.6) is 5.88 Å². The number of benzene rings is 1. The third kappa shape index (κ3) is 2.16. The molecule has 6 heteroatoms. The Kier molecular flexibility index (Phi) is 3.25. The Balaban J connectivity index is 2.78. The average Bonchev–Trinajstić information content (AvgIpc) is 2.33. The van der Waals surface area contributed by atoms with Gasteiger partial charge in [-0.2, -0.15) is 0 Å². The van der Waals surface area contributed by atoms with Gasteiger partial charge in [0, 0.05) is 0 Å². The van der Waals surface area contributed by atoms with Gasteiger partial charge in [0.1, 0.15) is 5.82 Å². The highest BCUT2D eigenvalue weighted by Gasteiger charge is 2.14. The van der Waals surface area contributed by atoms with Gasteiger partial charge in [0.05, 0.1) is 11.3 Å². The van der Waals surface area contributed by atoms with Crippen LogP contribution < -0.4 is 11.2 Å². The first-order chi connectivity index (χ1) is 8.95. The molecule has 0 radical (unpaired) electrons. The van der Waals surface area contributed by atoms with Crippen molar-refractivity contribution in [2.45, 2.75) is 20.3 Å². The zero-order valence-corrected chi connectivity index (χ0v) is 10.5. The van der Waals surface area contributed by atoms with Crippen molar-refractivity contribution in [3.8, 4) is 11.6 Å². The molecule has 0 atom stereocenters. The number of aromatic hydroxyl groups is 1. The van der Waals surface area contributed by atoms with Crippen molar-refractivity contribution in [1.29, 1.82) is 0 Å². The van der Waals surface area contributed by atoms with Crippen LogP contribution in [0.1, 0.15) is 18.1 Å². The number of H-pyrrole nitrogens is 1. The number of aryl methyl sites for hydroxylation is 1. The second-order valence-corrected chi connectivity index (χ2v) is 4.18. The standard InChI is InChI=1S/C13H13FN2O3/c1-3-9-11(17)15-13(19)16(12(9)18)8-4-5-10(14)7(2)6-8/h4-6,18H,3H2,1-2H3,(H,15,17,19). The summed E-state index contributed by atoms with van der Waals surface area (Å²) in [6, 6.07) is 3.99. The minimum Gasteiger partial charge on any atom is -0.494 e. The van der Waals surface area contributed by atoms with Gasteiger partial charge < -0.3 is 5.11 Å². The number of nitrogens with zero attached hydrogens (tertiary/aromatic N) is 1. The maximum absolute atomic E-state index is 13.2. The number of hydrogen-bond acceptors (Lipinski definition) is 3. The van der Waals surface area contributed by atoms with E-state index in [0.717, 1.165) is 4.57 Å². The number of halogens is 1. The molecule has 0 aliphatic heterocycles. The SMILES string of the molecule is CCc1c(O)n(-c2ccc(F)c(C)c2)c(=O)[nH]c1=O. The molecule has 0 amide bonds. The second kappa shape index (κ2) is 4.72. The summed E-state index contributed by atoms with van der Waals surface area (Å²) in [5.74, 6) is -0.821. The molecule has 0 aliphatic carbocycles. The number of aromatic nitrogens is 2. The molecule has 19 heavy (non-hydrogen) atoms. The van der Waals surface area contributed by atoms with Crippen LogP contribution in [-0.2, 0) is 6.42 Å². The molecule has 0 spiro atoms. The van der Waals surface area contributed by atoms with E-state index in [9.17, 15) is 19.1 Å². The third-order valence-electron chi connectivity index (χ3n) is 2.93. The van der Waals surface area contributed by atoms with Gasteiger partial charge in [-0.25, -0.2) is 13.8 Å². The summed E-state index contributed by atoms with van der Waals surface area (Å²) in [5, 5.41) is 10.0. The predicted octanol–water partition coefficient (Wildman–Crippen LogP) is 1.24. The Hall–Kier alpha value is -2.37. The van der Waals surface area contributed by atoms with E-state index in [1.165, 1.54) is 18.2 Å². The summed E-state index contributed by atoms with van der Waals surface area (Å²) in [7, 11) is 0. The monoisotopic (exact) mass is 264 g/mol. The summed E-state index contributed by atoms with van der Waals surface area (Å²) in [6.07, 6.45) is 0.279. The molecular formula is C13H13FN2O3. The van der Waals surface area contributed by atoms with E-state index >= 15 is 0 Å². The lowest BCUT2D eigenvalue weighted by molar-refractivity contribution is 0.423. The van der Waals surface area contributed by atoms with Gasteiger partial charge in [0.25, 0.3) is 5.56 Å². The van der Waals surface area contributed by atoms with Crippen molar-refractivity contribution >= 4 is 0 Å². The quantitative estimate of drug-likeness (QED) is 0.857. The Morgan fingerprint density at radius 3 is 2.63 bits per heavy atom. The Morgan fingerprint density at radius 1 is 1.37 bits per heavy atom. The number of hydrogen-bond donors (Lipinski definition) is 2. The van der Waals surface area contributed by atoms with Crippen LogP contribution in [0.3, 0.4) is 0 Å². The highest BCUT2D eigenvalue weighted by atomic mass is 19.1. The minimum atomic E-state index is -0.759. The maximum Gasteiger partial charge on any atom is 0.335 e. The second-order valence-electron chi connectivity index (χ2n) is 4.18. The fourth-order valence-electron chi connectivity index (χ4n) is 1.89. The number of aromatic amines is 1. The van der Waals surface area contributed by atoms with Gasteiger partial charge in [-0.3, -0.25) is 9.78 Å². The molecule has 5 nitrogen and oxygen atoms in total. The maximum atomic E-state index is 13.2. The molecule has 0 fully saturated rings. The number of rotatable bonds is 2. The zero-order chi connectivity index (χ0) is 14.2. The topological polar surface area (TPSA) is 75.1 Å². The average molecular weight is 264 g/mol. The summed E-state index contributed by atoms with van der Waals surface area (Å²) in [5.41, 5.74) is -0.618. The fraction of sp³-hybridized carbons (Fsp3) is 0.231. The van der Waals surface area contributed by atoms with Crippen molar-refractivity contribution < 1.29 is 9.50 Å². The Morgan fingerprint density at radius 2 is 2.05 bits per heavy atom. The van der Waals surface area contributed by atoms with Crippen molar-refractivity contribution in [3.05, 3.63) is 56.0 Å². The molecule has 2 aromatic rings. The van der Waals surface area contributed by atoms with Crippen LogP contribution in [0.4, 0.5) is 4.39 Å². The highest BCUT2D eigenvalue weighted by molar-refractivity contribution is 5.40. The van der Waals surface area contributed by atoms with E-state index in [0.29, 0.717) is 11.3 Å². The van der Waals surface area contributed by atoms with Crippen molar-refractivity contribution in [1.82, 2.24) is 9.55 Å². The lowest BCUT2D eigenvalue weighted by atomic mass is 10.2. The minimum absolute atomic E-state index is 0.113. The Labute approximate surface area is 108 Å². The molecule has 1 aromatic heterocycles. The molecule has 0 saturated heterocycles. The van der Waals surface area contributed by atoms with E-state index in [-0.39, 0.29) is 12.0 Å². The summed E-state index contributed by atoms with van der Waals surface area (Å²) in [6.45, 7) is 3.24. The van der Waals surface area contributed by atoms with Crippen molar-refractivity contribution in [3.63, 3.8) is 0 Å². The first-order valence-corrected chi connectivity index (χ1v) is 5.79. The van der Waals surface area contributed by atoms with E-state index in [4.69, 9.17) is 0 Å². The van der Waals surface area contributed by atoms with Gasteiger partial charge >= 0.3 is 5.69 Å². The van der Waals surface area contributed by atoms with Crippen LogP contribution in [0.2, 0.25) is 0 Å². The van der Waals surface area contributed by atoms with Crippen LogP contribution in [0.15, 0.2) is 27.8 Å². The predicted molar refractivity (Wildman–Crippen MR) is 68.4 cm³/mol. The fourth-order valence-corrected chi connectivity index (χ4v) is 1.89. The lowest BCUT2D eigenvalue weighted by Crippen LogP contribution is -2.31. The van der Waals surface area contributed by atoms with Crippen LogP contribution in [-0.4, -0.2) is 14.7 Å². The molecule has 2 rings (SSSR count). The molecule has 1 heterocycles. The van der Waals surface area contributed by atoms with E-state index in [1.54, 1.807) is 13.8 Å². The highest BCUT2D eigenvalue weighted by Crippen LogP contribution is 2.18. The van der Waals surface area contributed by atoms with Crippen LogP contribution in [0.25, 0.3) is 5.69 Å². The van der Waals surface area contributed by atoms with Crippen molar-refractivity contribution in [2.24, 2.45) is 0 Å². The summed E-state index contributed by atoms with van der Waals surface area (Å²) >= 11 is 0. The van der Waals surface area contributed by atoms with Crippen LogP contribution >= 0.6 is 0 Å². The molecule has 0 bridgehead atoms. The summed E-state index contributed by atoms with van der Waals surface area (Å²) < 4.78 is 14.2. The molecular weight excluding hydrogens is 251 g/mol. The molecule has 2 N–H and O–H groups in total. The smallest absolute Gasteiger partial charge is 0.335 e. The molecule has 0 unspecified atom stereocenters. The molecule has 0 saturated carbocycles. The molecule has 100 valence electrons. The van der Waals surface area contributed by atoms with Gasteiger partial charge in [0.15, 0.2) is 0 Å². The van der Waals surface area contributed by atoms with E-state index in [2.05, 4.69) is 4.98 Å². The first kappa shape index (κ1) is 13.1. The Bertz CT molecular complexity index is 747. The largest absolute Gasteiger partial charge is 0.494 e. The first-order valence-electron chi connectivity index (χ1n) is 5.79. The molecule has 0 aliphatic rings. The van der Waals surface area contributed by atoms with E-state index in [1.807, 2.05) is 0 Å². The van der Waals surface area contributed by atoms with Gasteiger partial charge in [0.2, 0.25) is 5.88 Å². The van der Waals surface area contributed by atoms with E-state index < -0.39 is 22.9 Å². The third-order valence-corrected chi connectivity index (χ3v) is 2.93. The van der Waals surface area contributed by atoms with Gasteiger partial charge in [-0.1, -0.05) is 6.92 Å². The number of nitrogens with one attached hydrogen (secondary N) is 1. The zero-order valence-electron chi connectivity index (χ0n) is 10.5. The van der Waals surface area contributed by atoms with Gasteiger partial charge in [-0.15, -0.1) is 0 Å². The van der Waals surface area contributed by atoms with Crippen molar-refractivity contribution in [2.75, 3.05) is 0 Å². The normalized spacial score (nSPS) is 10.7.